The van der Waals surface area contributed by atoms with Gasteiger partial charge in [-0.1, -0.05) is 0 Å². The van der Waals surface area contributed by atoms with E-state index in [9.17, 15) is 17.6 Å². The van der Waals surface area contributed by atoms with Crippen LogP contribution in [0.15, 0.2) is 12.2 Å². The van der Waals surface area contributed by atoms with E-state index in [1.54, 1.807) is 0 Å². The fraction of sp³-hybridized carbons (Fsp3) is 0.333. The Balaban J connectivity index is 3.56. The van der Waals surface area contributed by atoms with Crippen LogP contribution < -0.4 is 0 Å². The molecule has 0 rings (SSSR count). The average molecular weight is 114 g/mol. The van der Waals surface area contributed by atoms with Crippen LogP contribution in [0.1, 0.15) is 0 Å². The second-order valence-electron chi connectivity index (χ2n) is 0.795. The van der Waals surface area contributed by atoms with Crippen LogP contribution in [0, 0.1) is 0 Å². The molecule has 0 bridgehead atoms. The molecule has 0 fully saturated rings. The smallest absolute Gasteiger partial charge is 0.212 e. The third kappa shape index (κ3) is 2.19. The second-order valence-corrected chi connectivity index (χ2v) is 0.795. The zero-order valence-corrected chi connectivity index (χ0v) is 3.17. The monoisotopic (exact) mass is 114 g/mol. The van der Waals surface area contributed by atoms with Gasteiger partial charge in [0.2, 0.25) is 0 Å². The van der Waals surface area contributed by atoms with Gasteiger partial charge in [0.25, 0.3) is 6.43 Å². The number of allylic oxidation sites excluding steroid dienone is 1. The molecular weight excluding hydrogens is 112 g/mol. The Kier molecular flexibility index (Phi) is 2.40. The second kappa shape index (κ2) is 2.60. The lowest BCUT2D eigenvalue weighted by atomic mass is 10.6. The van der Waals surface area contributed by atoms with E-state index in [-0.39, 0.29) is 0 Å². The van der Waals surface area contributed by atoms with E-state index in [2.05, 4.69) is 0 Å². The number of halogens is 4. The Morgan fingerprint density at radius 2 is 1.86 bits per heavy atom. The number of alkyl halides is 2. The van der Waals surface area contributed by atoms with Crippen LogP contribution in [0.2, 0.25) is 0 Å². The Hall–Kier alpha value is -0.540. The molecular formula is C3H2F4. The first-order chi connectivity index (χ1) is 3.18. The molecule has 7 heavy (non-hydrogen) atoms. The van der Waals surface area contributed by atoms with Crippen LogP contribution >= 0.6 is 0 Å². The molecule has 0 amide bonds. The molecule has 0 aromatic rings. The Bertz CT molecular complexity index is 75.0. The number of hydrogen-bond acceptors (Lipinski definition) is 0. The highest BCUT2D eigenvalue weighted by atomic mass is 19.3. The van der Waals surface area contributed by atoms with Gasteiger partial charge in [0.15, 0.2) is 5.83 Å². The summed E-state index contributed by atoms with van der Waals surface area (Å²) in [4.78, 5) is 0. The van der Waals surface area contributed by atoms with E-state index in [0.29, 0.717) is 0 Å². The lowest BCUT2D eigenvalue weighted by Crippen LogP contribution is -1.87. The molecule has 0 nitrogen and oxygen atoms in total. The Morgan fingerprint density at radius 3 is 1.86 bits per heavy atom. The average Bonchev–Trinajstić information content (AvgIpc) is 1.65. The van der Waals surface area contributed by atoms with Crippen molar-refractivity contribution in [3.63, 3.8) is 0 Å². The Labute approximate surface area is 37.4 Å². The first kappa shape index (κ1) is 6.46. The quantitative estimate of drug-likeness (QED) is 0.457. The summed E-state index contributed by atoms with van der Waals surface area (Å²) >= 11 is 0. The molecule has 0 aliphatic rings. The third-order valence-corrected chi connectivity index (χ3v) is 0.313. The van der Waals surface area contributed by atoms with Gasteiger partial charge in [-0.25, -0.2) is 17.6 Å². The van der Waals surface area contributed by atoms with Crippen molar-refractivity contribution >= 4 is 0 Å². The van der Waals surface area contributed by atoms with Gasteiger partial charge >= 0.3 is 0 Å². The van der Waals surface area contributed by atoms with Crippen molar-refractivity contribution in [1.82, 2.24) is 0 Å². The first-order valence-corrected chi connectivity index (χ1v) is 1.42. The first-order valence-electron chi connectivity index (χ1n) is 1.42. The molecule has 0 spiro atoms. The van der Waals surface area contributed by atoms with Crippen LogP contribution in [-0.4, -0.2) is 6.43 Å². The molecule has 0 saturated heterocycles. The van der Waals surface area contributed by atoms with E-state index < -0.39 is 18.6 Å². The summed E-state index contributed by atoms with van der Waals surface area (Å²) < 4.78 is 43.1. The molecule has 42 valence electrons. The van der Waals surface area contributed by atoms with Gasteiger partial charge in [0, 0.05) is 0 Å². The summed E-state index contributed by atoms with van der Waals surface area (Å²) in [7, 11) is 0. The molecule has 0 aromatic heterocycles. The van der Waals surface area contributed by atoms with Crippen molar-refractivity contribution in [2.75, 3.05) is 0 Å². The lowest BCUT2D eigenvalue weighted by Gasteiger charge is -1.85. The van der Waals surface area contributed by atoms with Gasteiger partial charge < -0.3 is 0 Å². The van der Waals surface area contributed by atoms with E-state index >= 15 is 0 Å². The summed E-state index contributed by atoms with van der Waals surface area (Å²) in [6.45, 7) is 0. The van der Waals surface area contributed by atoms with Crippen molar-refractivity contribution in [2.45, 2.75) is 6.43 Å². The third-order valence-electron chi connectivity index (χ3n) is 0.313. The van der Waals surface area contributed by atoms with Gasteiger partial charge in [0.05, 0.1) is 0 Å². The number of rotatable bonds is 1. The predicted octanol–water partition coefficient (Wildman–Crippen LogP) is 2.03. The molecule has 4 heteroatoms. The topological polar surface area (TPSA) is 0 Å². The summed E-state index contributed by atoms with van der Waals surface area (Å²) in [5, 5.41) is 0. The molecule has 0 aliphatic carbocycles. The maximum Gasteiger partial charge on any atom is 0.291 e. The van der Waals surface area contributed by atoms with Crippen LogP contribution in [0.3, 0.4) is 0 Å². The van der Waals surface area contributed by atoms with Crippen LogP contribution in [0.5, 0.6) is 0 Å². The maximum atomic E-state index is 11.0. The molecule has 0 aromatic carbocycles. The van der Waals surface area contributed by atoms with Crippen molar-refractivity contribution < 1.29 is 17.6 Å². The van der Waals surface area contributed by atoms with Gasteiger partial charge in [-0.05, 0) is 0 Å². The normalized spacial score (nSPS) is 13.0. The largest absolute Gasteiger partial charge is 0.291 e. The SMILES string of the molecule is FC=C(F)C(F)F. The van der Waals surface area contributed by atoms with Crippen LogP contribution in [0.4, 0.5) is 17.6 Å². The van der Waals surface area contributed by atoms with Gasteiger partial charge in [-0.2, -0.15) is 0 Å². The molecule has 0 heterocycles. The summed E-state index contributed by atoms with van der Waals surface area (Å²) in [5.41, 5.74) is 0. The highest BCUT2D eigenvalue weighted by Crippen LogP contribution is 2.08. The van der Waals surface area contributed by atoms with Crippen molar-refractivity contribution in [1.29, 1.82) is 0 Å². The Morgan fingerprint density at radius 1 is 1.43 bits per heavy atom. The zero-order valence-electron chi connectivity index (χ0n) is 3.17. The zero-order chi connectivity index (χ0) is 5.86. The highest BCUT2D eigenvalue weighted by Gasteiger charge is 2.08. The predicted molar refractivity (Wildman–Crippen MR) is 16.3 cm³/mol. The molecule has 0 N–H and O–H groups in total. The van der Waals surface area contributed by atoms with E-state index in [4.69, 9.17) is 0 Å². The van der Waals surface area contributed by atoms with E-state index in [0.717, 1.165) is 0 Å². The molecule has 0 aliphatic heterocycles. The van der Waals surface area contributed by atoms with Gasteiger partial charge in [-0.3, -0.25) is 0 Å². The van der Waals surface area contributed by atoms with Crippen LogP contribution in [-0.2, 0) is 0 Å². The van der Waals surface area contributed by atoms with E-state index in [1.165, 1.54) is 0 Å². The minimum absolute atomic E-state index is 0.759. The maximum absolute atomic E-state index is 11.0. The minimum Gasteiger partial charge on any atom is -0.212 e. The minimum atomic E-state index is -3.31. The molecule has 0 radical (unpaired) electrons. The number of hydrogen-bond donors (Lipinski definition) is 0. The summed E-state index contributed by atoms with van der Waals surface area (Å²) in [6.07, 6.45) is -4.07. The summed E-state index contributed by atoms with van der Waals surface area (Å²) in [6, 6.07) is 0. The van der Waals surface area contributed by atoms with Crippen molar-refractivity contribution in [3.05, 3.63) is 12.2 Å². The molecule has 0 saturated carbocycles. The standard InChI is InChI=1S/C3H2F4/c4-1-2(5)3(6)7/h1,3H. The van der Waals surface area contributed by atoms with E-state index in [1.807, 2.05) is 0 Å². The van der Waals surface area contributed by atoms with Gasteiger partial charge in [0.1, 0.15) is 6.33 Å². The van der Waals surface area contributed by atoms with Crippen LogP contribution in [0.25, 0.3) is 0 Å². The fourth-order valence-electron chi connectivity index (χ4n) is 0.0476. The van der Waals surface area contributed by atoms with Crippen molar-refractivity contribution in [3.8, 4) is 0 Å². The van der Waals surface area contributed by atoms with Crippen molar-refractivity contribution in [2.24, 2.45) is 0 Å². The lowest BCUT2D eigenvalue weighted by molar-refractivity contribution is 0.156. The molecule has 0 atom stereocenters. The van der Waals surface area contributed by atoms with Gasteiger partial charge in [-0.15, -0.1) is 0 Å². The summed E-state index contributed by atoms with van der Waals surface area (Å²) in [5.74, 6) is -2.03. The molecule has 0 unspecified atom stereocenters. The fourth-order valence-corrected chi connectivity index (χ4v) is 0.0476. The highest BCUT2D eigenvalue weighted by molar-refractivity contribution is 4.87.